The lowest BCUT2D eigenvalue weighted by Crippen LogP contribution is -2.34. The molecule has 5 rings (SSSR count). The molecule has 0 spiro atoms. The fraction of sp³-hybridized carbons (Fsp3) is 0.333. The van der Waals surface area contributed by atoms with Gasteiger partial charge >= 0.3 is 0 Å². The summed E-state index contributed by atoms with van der Waals surface area (Å²) < 4.78 is 7.23. The van der Waals surface area contributed by atoms with Crippen molar-refractivity contribution in [3.8, 4) is 5.75 Å². The zero-order valence-electron chi connectivity index (χ0n) is 15.7. The average molecular weight is 482 g/mol. The van der Waals surface area contributed by atoms with Gasteiger partial charge in [0.05, 0.1) is 5.69 Å². The predicted octanol–water partition coefficient (Wildman–Crippen LogP) is 5.77. The first kappa shape index (κ1) is 18.1. The standard InChI is InChI=1S/C24H23IN2O/c25-21-7-3-18(4-8-21)24(14-17-1-2-20(24)13-17)19-5-9-23(10-6-19)28-15-22-11-12-26-16-27-22/h3-12,16-17,20H,1-2,13-15H2/t17?,20-,24-/m1/s1. The van der Waals surface area contributed by atoms with Crippen molar-refractivity contribution in [2.45, 2.75) is 37.7 Å². The molecule has 0 amide bonds. The molecule has 2 fully saturated rings. The van der Waals surface area contributed by atoms with Crippen molar-refractivity contribution < 1.29 is 4.74 Å². The van der Waals surface area contributed by atoms with E-state index in [1.165, 1.54) is 40.4 Å². The van der Waals surface area contributed by atoms with Gasteiger partial charge in [-0.3, -0.25) is 0 Å². The molecule has 2 aliphatic rings. The van der Waals surface area contributed by atoms with Crippen molar-refractivity contribution in [2.24, 2.45) is 11.8 Å². The quantitative estimate of drug-likeness (QED) is 0.434. The minimum Gasteiger partial charge on any atom is -0.487 e. The van der Waals surface area contributed by atoms with E-state index >= 15 is 0 Å². The van der Waals surface area contributed by atoms with Crippen molar-refractivity contribution in [3.05, 3.63) is 87.5 Å². The smallest absolute Gasteiger partial charge is 0.130 e. The second kappa shape index (κ2) is 7.47. The van der Waals surface area contributed by atoms with Crippen LogP contribution in [0.2, 0.25) is 0 Å². The number of benzene rings is 2. The van der Waals surface area contributed by atoms with Gasteiger partial charge in [0.2, 0.25) is 0 Å². The van der Waals surface area contributed by atoms with E-state index in [0.717, 1.165) is 23.3 Å². The maximum Gasteiger partial charge on any atom is 0.130 e. The normalized spacial score (nSPS) is 25.8. The van der Waals surface area contributed by atoms with Crippen LogP contribution in [-0.4, -0.2) is 9.97 Å². The Balaban J connectivity index is 1.43. The van der Waals surface area contributed by atoms with Crippen LogP contribution in [0.1, 0.15) is 42.5 Å². The molecule has 3 nitrogen and oxygen atoms in total. The molecule has 1 unspecified atom stereocenters. The van der Waals surface area contributed by atoms with Crippen LogP contribution in [-0.2, 0) is 12.0 Å². The number of hydrogen-bond donors (Lipinski definition) is 0. The molecule has 2 bridgehead atoms. The molecule has 0 N–H and O–H groups in total. The molecule has 142 valence electrons. The van der Waals surface area contributed by atoms with E-state index < -0.39 is 0 Å². The number of nitrogens with zero attached hydrogens (tertiary/aromatic N) is 2. The SMILES string of the molecule is Ic1ccc([C@@]2(c3ccc(OCc4ccncn4)cc3)CC3CC[C@@H]2C3)cc1. The van der Waals surface area contributed by atoms with Crippen molar-refractivity contribution in [1.29, 1.82) is 0 Å². The predicted molar refractivity (Wildman–Crippen MR) is 118 cm³/mol. The third-order valence-electron chi connectivity index (χ3n) is 6.61. The van der Waals surface area contributed by atoms with Crippen molar-refractivity contribution >= 4 is 22.6 Å². The molecule has 0 saturated heterocycles. The van der Waals surface area contributed by atoms with Gasteiger partial charge in [-0.2, -0.15) is 0 Å². The minimum absolute atomic E-state index is 0.165. The van der Waals surface area contributed by atoms with Crippen molar-refractivity contribution in [3.63, 3.8) is 0 Å². The van der Waals surface area contributed by atoms with Gasteiger partial charge in [0.25, 0.3) is 0 Å². The molecule has 4 heteroatoms. The van der Waals surface area contributed by atoms with Crippen LogP contribution in [0.15, 0.2) is 67.1 Å². The molecular formula is C24H23IN2O. The fourth-order valence-corrected chi connectivity index (χ4v) is 5.72. The monoisotopic (exact) mass is 482 g/mol. The van der Waals surface area contributed by atoms with Gasteiger partial charge in [-0.15, -0.1) is 0 Å². The molecule has 1 heterocycles. The van der Waals surface area contributed by atoms with E-state index in [0.29, 0.717) is 6.61 Å². The number of hydrogen-bond acceptors (Lipinski definition) is 3. The van der Waals surface area contributed by atoms with E-state index in [-0.39, 0.29) is 5.41 Å². The lowest BCUT2D eigenvalue weighted by molar-refractivity contribution is 0.299. The Hall–Kier alpha value is -1.95. The van der Waals surface area contributed by atoms with Crippen LogP contribution < -0.4 is 4.74 Å². The maximum atomic E-state index is 5.93. The van der Waals surface area contributed by atoms with E-state index in [4.69, 9.17) is 4.74 Å². The zero-order valence-corrected chi connectivity index (χ0v) is 17.9. The van der Waals surface area contributed by atoms with Crippen molar-refractivity contribution in [1.82, 2.24) is 9.97 Å². The van der Waals surface area contributed by atoms with Crippen LogP contribution in [0.25, 0.3) is 0 Å². The van der Waals surface area contributed by atoms with Gasteiger partial charge in [-0.05, 0) is 95.1 Å². The fourth-order valence-electron chi connectivity index (χ4n) is 5.36. The number of ether oxygens (including phenoxy) is 1. The molecule has 2 aromatic carbocycles. The summed E-state index contributed by atoms with van der Waals surface area (Å²) >= 11 is 2.40. The van der Waals surface area contributed by atoms with Gasteiger partial charge in [0.1, 0.15) is 18.7 Å². The van der Waals surface area contributed by atoms with Gasteiger partial charge in [-0.1, -0.05) is 30.7 Å². The number of rotatable bonds is 5. The van der Waals surface area contributed by atoms with Gasteiger partial charge in [0, 0.05) is 15.2 Å². The third kappa shape index (κ3) is 3.21. The molecule has 28 heavy (non-hydrogen) atoms. The Morgan fingerprint density at radius 2 is 1.71 bits per heavy atom. The Morgan fingerprint density at radius 1 is 0.964 bits per heavy atom. The van der Waals surface area contributed by atoms with Gasteiger partial charge in [0.15, 0.2) is 0 Å². The molecule has 3 atom stereocenters. The Kier molecular flexibility index (Phi) is 4.83. The van der Waals surface area contributed by atoms with Crippen molar-refractivity contribution in [2.75, 3.05) is 0 Å². The van der Waals surface area contributed by atoms with E-state index in [2.05, 4.69) is 81.1 Å². The molecule has 2 aliphatic carbocycles. The highest BCUT2D eigenvalue weighted by molar-refractivity contribution is 14.1. The largest absolute Gasteiger partial charge is 0.487 e. The summed E-state index contributed by atoms with van der Waals surface area (Å²) in [5.41, 5.74) is 3.98. The number of halogens is 1. The molecule has 2 saturated carbocycles. The Morgan fingerprint density at radius 3 is 2.32 bits per heavy atom. The van der Waals surface area contributed by atoms with Gasteiger partial charge < -0.3 is 4.74 Å². The maximum absolute atomic E-state index is 5.93. The summed E-state index contributed by atoms with van der Waals surface area (Å²) in [5, 5.41) is 0. The second-order valence-corrected chi connectivity index (χ2v) is 9.32. The summed E-state index contributed by atoms with van der Waals surface area (Å²) in [6, 6.07) is 19.9. The highest BCUT2D eigenvalue weighted by Gasteiger charge is 2.52. The van der Waals surface area contributed by atoms with Gasteiger partial charge in [-0.25, -0.2) is 9.97 Å². The lowest BCUT2D eigenvalue weighted by Gasteiger charge is -2.39. The summed E-state index contributed by atoms with van der Waals surface area (Å²) in [7, 11) is 0. The molecule has 0 radical (unpaired) electrons. The minimum atomic E-state index is 0.165. The molecule has 1 aromatic heterocycles. The van der Waals surface area contributed by atoms with Crippen LogP contribution in [0, 0.1) is 15.4 Å². The van der Waals surface area contributed by atoms with E-state index in [1.54, 1.807) is 12.5 Å². The first-order valence-electron chi connectivity index (χ1n) is 9.98. The highest BCUT2D eigenvalue weighted by Crippen LogP contribution is 2.60. The van der Waals surface area contributed by atoms with Crippen LogP contribution in [0.5, 0.6) is 5.75 Å². The molecular weight excluding hydrogens is 459 g/mol. The first-order chi connectivity index (χ1) is 13.7. The molecule has 3 aromatic rings. The lowest BCUT2D eigenvalue weighted by atomic mass is 9.64. The summed E-state index contributed by atoms with van der Waals surface area (Å²) in [6.45, 7) is 0.467. The second-order valence-electron chi connectivity index (χ2n) is 8.07. The Labute approximate surface area is 179 Å². The van der Waals surface area contributed by atoms with Crippen LogP contribution in [0.3, 0.4) is 0 Å². The van der Waals surface area contributed by atoms with Crippen LogP contribution >= 0.6 is 22.6 Å². The number of fused-ring (bicyclic) bond motifs is 2. The van der Waals surface area contributed by atoms with E-state index in [1.807, 2.05) is 6.07 Å². The summed E-state index contributed by atoms with van der Waals surface area (Å²) in [6.07, 6.45) is 8.70. The average Bonchev–Trinajstić information content (AvgIpc) is 3.36. The third-order valence-corrected chi connectivity index (χ3v) is 7.33. The molecule has 0 aliphatic heterocycles. The first-order valence-corrected chi connectivity index (χ1v) is 11.1. The summed E-state index contributed by atoms with van der Waals surface area (Å²) in [5.74, 6) is 2.52. The Bertz CT molecular complexity index is 943. The highest BCUT2D eigenvalue weighted by atomic mass is 127. The van der Waals surface area contributed by atoms with Crippen LogP contribution in [0.4, 0.5) is 0 Å². The van der Waals surface area contributed by atoms with E-state index in [9.17, 15) is 0 Å². The summed E-state index contributed by atoms with van der Waals surface area (Å²) in [4.78, 5) is 8.17. The number of aromatic nitrogens is 2. The topological polar surface area (TPSA) is 35.0 Å². The zero-order chi connectivity index (χ0) is 19.0.